The molecule has 0 radical (unpaired) electrons. The lowest BCUT2D eigenvalue weighted by atomic mass is 9.90. The topological polar surface area (TPSA) is 46.3 Å². The molecule has 0 aromatic rings. The van der Waals surface area contributed by atoms with Gasteiger partial charge >= 0.3 is 0 Å². The summed E-state index contributed by atoms with van der Waals surface area (Å²) in [7, 11) is 0. The van der Waals surface area contributed by atoms with Gasteiger partial charge in [0.05, 0.1) is 6.54 Å². The standard InChI is InChI=1S/C9H16N2O/c1-7-9(2,3)4-5-11(7)6-8(10)12/h1,4-6H2,2-3H3,(H2,10,12). The lowest BCUT2D eigenvalue weighted by molar-refractivity contribution is -0.118. The lowest BCUT2D eigenvalue weighted by Crippen LogP contribution is -2.31. The first-order valence-corrected chi connectivity index (χ1v) is 4.16. The predicted molar refractivity (Wildman–Crippen MR) is 48.3 cm³/mol. The van der Waals surface area contributed by atoms with Crippen LogP contribution in [0.5, 0.6) is 0 Å². The number of likely N-dealkylation sites (tertiary alicyclic amines) is 1. The Bertz CT molecular complexity index is 221. The highest BCUT2D eigenvalue weighted by Crippen LogP contribution is 2.37. The van der Waals surface area contributed by atoms with Crippen LogP contribution in [-0.2, 0) is 4.79 Å². The molecule has 0 aromatic heterocycles. The van der Waals surface area contributed by atoms with Crippen LogP contribution >= 0.6 is 0 Å². The number of rotatable bonds is 2. The van der Waals surface area contributed by atoms with Crippen LogP contribution in [-0.4, -0.2) is 23.9 Å². The van der Waals surface area contributed by atoms with Crippen molar-refractivity contribution in [3.8, 4) is 0 Å². The summed E-state index contributed by atoms with van der Waals surface area (Å²) in [4.78, 5) is 12.6. The number of hydrogen-bond acceptors (Lipinski definition) is 2. The van der Waals surface area contributed by atoms with Gasteiger partial charge in [0.2, 0.25) is 5.91 Å². The summed E-state index contributed by atoms with van der Waals surface area (Å²) in [6, 6.07) is 0. The van der Waals surface area contributed by atoms with E-state index in [1.54, 1.807) is 0 Å². The quantitative estimate of drug-likeness (QED) is 0.660. The Hall–Kier alpha value is -0.990. The second-order valence-electron chi connectivity index (χ2n) is 3.97. The molecule has 0 aliphatic carbocycles. The van der Waals surface area contributed by atoms with E-state index in [2.05, 4.69) is 20.4 Å². The summed E-state index contributed by atoms with van der Waals surface area (Å²) < 4.78 is 0. The zero-order valence-electron chi connectivity index (χ0n) is 7.76. The van der Waals surface area contributed by atoms with E-state index in [1.165, 1.54) is 0 Å². The van der Waals surface area contributed by atoms with Crippen LogP contribution < -0.4 is 5.73 Å². The minimum absolute atomic E-state index is 0.134. The second-order valence-corrected chi connectivity index (χ2v) is 3.97. The van der Waals surface area contributed by atoms with E-state index < -0.39 is 0 Å². The van der Waals surface area contributed by atoms with Crippen molar-refractivity contribution in [2.75, 3.05) is 13.1 Å². The van der Waals surface area contributed by atoms with E-state index in [9.17, 15) is 4.79 Å². The van der Waals surface area contributed by atoms with Crippen LogP contribution in [0, 0.1) is 5.41 Å². The molecular formula is C9H16N2O. The maximum atomic E-state index is 10.7. The summed E-state index contributed by atoms with van der Waals surface area (Å²) in [5.74, 6) is -0.283. The zero-order chi connectivity index (χ0) is 9.35. The molecule has 1 aliphatic heterocycles. The van der Waals surface area contributed by atoms with Crippen LogP contribution in [0.3, 0.4) is 0 Å². The molecular weight excluding hydrogens is 152 g/mol. The highest BCUT2D eigenvalue weighted by Gasteiger charge is 2.33. The van der Waals surface area contributed by atoms with Crippen molar-refractivity contribution in [2.24, 2.45) is 11.1 Å². The van der Waals surface area contributed by atoms with E-state index in [1.807, 2.05) is 4.90 Å². The molecule has 68 valence electrons. The van der Waals surface area contributed by atoms with Crippen molar-refractivity contribution in [3.05, 3.63) is 12.3 Å². The third kappa shape index (κ3) is 1.60. The number of primary amides is 1. The number of allylic oxidation sites excluding steroid dienone is 1. The first kappa shape index (κ1) is 9.10. The fraction of sp³-hybridized carbons (Fsp3) is 0.667. The zero-order valence-corrected chi connectivity index (χ0v) is 7.76. The Morgan fingerprint density at radius 1 is 1.75 bits per heavy atom. The van der Waals surface area contributed by atoms with Gasteiger partial charge in [0, 0.05) is 17.7 Å². The molecule has 1 fully saturated rings. The van der Waals surface area contributed by atoms with E-state index in [0.29, 0.717) is 6.54 Å². The predicted octanol–water partition coefficient (Wildman–Crippen LogP) is 0.717. The molecule has 3 heteroatoms. The number of amides is 1. The van der Waals surface area contributed by atoms with Gasteiger partial charge in [-0.1, -0.05) is 20.4 Å². The molecule has 3 nitrogen and oxygen atoms in total. The summed E-state index contributed by atoms with van der Waals surface area (Å²) in [6.45, 7) is 9.44. The summed E-state index contributed by atoms with van der Waals surface area (Å²) in [6.07, 6.45) is 1.05. The van der Waals surface area contributed by atoms with Crippen molar-refractivity contribution >= 4 is 5.91 Å². The molecule has 1 amide bonds. The van der Waals surface area contributed by atoms with Gasteiger partial charge in [0.1, 0.15) is 0 Å². The average Bonchev–Trinajstić information content (AvgIpc) is 2.15. The van der Waals surface area contributed by atoms with Gasteiger partial charge in [0.15, 0.2) is 0 Å². The average molecular weight is 168 g/mol. The van der Waals surface area contributed by atoms with E-state index in [4.69, 9.17) is 5.73 Å². The number of hydrogen-bond donors (Lipinski definition) is 1. The maximum absolute atomic E-state index is 10.7. The molecule has 0 bridgehead atoms. The Morgan fingerprint density at radius 3 is 2.67 bits per heavy atom. The van der Waals surface area contributed by atoms with Crippen LogP contribution in [0.1, 0.15) is 20.3 Å². The number of carbonyl (C=O) groups excluding carboxylic acids is 1. The Morgan fingerprint density at radius 2 is 2.33 bits per heavy atom. The van der Waals surface area contributed by atoms with Gasteiger partial charge in [0.25, 0.3) is 0 Å². The van der Waals surface area contributed by atoms with Crippen molar-refractivity contribution in [1.29, 1.82) is 0 Å². The van der Waals surface area contributed by atoms with Crippen LogP contribution in [0.15, 0.2) is 12.3 Å². The summed E-state index contributed by atoms with van der Waals surface area (Å²) >= 11 is 0. The molecule has 0 spiro atoms. The minimum Gasteiger partial charge on any atom is -0.368 e. The molecule has 0 saturated carbocycles. The molecule has 0 atom stereocenters. The third-order valence-corrected chi connectivity index (χ3v) is 2.52. The van der Waals surface area contributed by atoms with Crippen molar-refractivity contribution in [3.63, 3.8) is 0 Å². The van der Waals surface area contributed by atoms with Gasteiger partial charge in [-0.2, -0.15) is 0 Å². The SMILES string of the molecule is C=C1N(CC(N)=O)CCC1(C)C. The van der Waals surface area contributed by atoms with Gasteiger partial charge < -0.3 is 10.6 Å². The molecule has 1 saturated heterocycles. The van der Waals surface area contributed by atoms with Gasteiger partial charge in [-0.15, -0.1) is 0 Å². The Balaban J connectivity index is 2.62. The summed E-state index contributed by atoms with van der Waals surface area (Å²) in [5.41, 5.74) is 6.26. The monoisotopic (exact) mass is 168 g/mol. The third-order valence-electron chi connectivity index (χ3n) is 2.52. The lowest BCUT2D eigenvalue weighted by Gasteiger charge is -2.23. The number of nitrogens with two attached hydrogens (primary N) is 1. The van der Waals surface area contributed by atoms with Gasteiger partial charge in [-0.25, -0.2) is 0 Å². The fourth-order valence-corrected chi connectivity index (χ4v) is 1.48. The first-order chi connectivity index (χ1) is 5.43. The molecule has 0 aromatic carbocycles. The molecule has 1 aliphatic rings. The Labute approximate surface area is 73.2 Å². The molecule has 0 unspecified atom stereocenters. The number of nitrogens with zero attached hydrogens (tertiary/aromatic N) is 1. The molecule has 1 heterocycles. The minimum atomic E-state index is -0.283. The van der Waals surface area contributed by atoms with E-state index in [-0.39, 0.29) is 11.3 Å². The van der Waals surface area contributed by atoms with Crippen LogP contribution in [0.25, 0.3) is 0 Å². The smallest absolute Gasteiger partial charge is 0.236 e. The molecule has 1 rings (SSSR count). The summed E-state index contributed by atoms with van der Waals surface area (Å²) in [5, 5.41) is 0. The van der Waals surface area contributed by atoms with Crippen LogP contribution in [0.2, 0.25) is 0 Å². The molecule has 12 heavy (non-hydrogen) atoms. The van der Waals surface area contributed by atoms with Gasteiger partial charge in [-0.05, 0) is 6.42 Å². The maximum Gasteiger partial charge on any atom is 0.236 e. The fourth-order valence-electron chi connectivity index (χ4n) is 1.48. The largest absolute Gasteiger partial charge is 0.368 e. The van der Waals surface area contributed by atoms with Gasteiger partial charge in [-0.3, -0.25) is 4.79 Å². The molecule has 2 N–H and O–H groups in total. The number of carbonyl (C=O) groups is 1. The highest BCUT2D eigenvalue weighted by atomic mass is 16.1. The highest BCUT2D eigenvalue weighted by molar-refractivity contribution is 5.76. The first-order valence-electron chi connectivity index (χ1n) is 4.16. The van der Waals surface area contributed by atoms with Crippen molar-refractivity contribution in [1.82, 2.24) is 4.90 Å². The van der Waals surface area contributed by atoms with Crippen molar-refractivity contribution < 1.29 is 4.79 Å². The second kappa shape index (κ2) is 2.81. The normalized spacial score (nSPS) is 21.5. The Kier molecular flexibility index (Phi) is 2.13. The van der Waals surface area contributed by atoms with Crippen LogP contribution in [0.4, 0.5) is 0 Å². The van der Waals surface area contributed by atoms with Crippen molar-refractivity contribution in [2.45, 2.75) is 20.3 Å². The van der Waals surface area contributed by atoms with E-state index >= 15 is 0 Å². The van der Waals surface area contributed by atoms with E-state index in [0.717, 1.165) is 18.7 Å².